The van der Waals surface area contributed by atoms with E-state index in [2.05, 4.69) is 5.32 Å². The summed E-state index contributed by atoms with van der Waals surface area (Å²) in [6, 6.07) is 6.91. The number of Topliss-reactive ketones (excluding diaryl/α,β-unsaturated/α-hetero) is 1. The van der Waals surface area contributed by atoms with Crippen molar-refractivity contribution in [3.63, 3.8) is 0 Å². The number of benzene rings is 1. The first-order valence-electron chi connectivity index (χ1n) is 8.41. The Morgan fingerprint density at radius 3 is 2.40 bits per heavy atom. The monoisotopic (exact) mass is 346 g/mol. The number of nitrogens with zero attached hydrogens (tertiary/aromatic N) is 1. The van der Waals surface area contributed by atoms with Crippen molar-refractivity contribution in [3.05, 3.63) is 29.8 Å². The van der Waals surface area contributed by atoms with E-state index in [1.54, 1.807) is 52.1 Å². The van der Waals surface area contributed by atoms with Gasteiger partial charge in [-0.3, -0.25) is 14.9 Å². The molecule has 1 aromatic carbocycles. The minimum atomic E-state index is -1.65. The molecule has 0 fully saturated rings. The molecule has 1 atom stereocenters. The van der Waals surface area contributed by atoms with Crippen molar-refractivity contribution in [2.24, 2.45) is 5.92 Å². The summed E-state index contributed by atoms with van der Waals surface area (Å²) in [5.74, 6) is -0.831. The van der Waals surface area contributed by atoms with Crippen LogP contribution >= 0.6 is 0 Å². The lowest BCUT2D eigenvalue weighted by atomic mass is 9.77. The molecular weight excluding hydrogens is 320 g/mol. The van der Waals surface area contributed by atoms with E-state index in [0.29, 0.717) is 11.3 Å². The minimum Gasteiger partial charge on any atom is -0.444 e. The molecule has 6 nitrogen and oxygen atoms in total. The number of nitrogens with one attached hydrogen (secondary N) is 1. The molecule has 0 saturated carbocycles. The number of amides is 2. The maximum absolute atomic E-state index is 13.2. The van der Waals surface area contributed by atoms with Gasteiger partial charge in [0, 0.05) is 12.6 Å². The minimum absolute atomic E-state index is 0.0153. The number of para-hydroxylation sites is 1. The highest BCUT2D eigenvalue weighted by Gasteiger charge is 2.53. The first kappa shape index (κ1) is 19.0. The maximum Gasteiger partial charge on any atom is 0.408 e. The van der Waals surface area contributed by atoms with Gasteiger partial charge in [-0.25, -0.2) is 4.79 Å². The number of carbonyl (C=O) groups is 3. The normalized spacial score (nSPS) is 20.5. The van der Waals surface area contributed by atoms with Gasteiger partial charge >= 0.3 is 6.09 Å². The molecule has 0 radical (unpaired) electrons. The molecule has 0 aliphatic carbocycles. The van der Waals surface area contributed by atoms with Gasteiger partial charge in [-0.05, 0) is 45.2 Å². The van der Waals surface area contributed by atoms with Crippen LogP contribution in [0.15, 0.2) is 24.3 Å². The van der Waals surface area contributed by atoms with Gasteiger partial charge in [-0.2, -0.15) is 0 Å². The predicted octanol–water partition coefficient (Wildman–Crippen LogP) is 3.16. The van der Waals surface area contributed by atoms with Crippen LogP contribution in [0, 0.1) is 5.92 Å². The predicted molar refractivity (Wildman–Crippen MR) is 95.7 cm³/mol. The van der Waals surface area contributed by atoms with Crippen LogP contribution in [0.2, 0.25) is 0 Å². The molecule has 0 spiro atoms. The van der Waals surface area contributed by atoms with Crippen LogP contribution in [-0.4, -0.2) is 36.0 Å². The Balaban J connectivity index is 2.50. The zero-order chi connectivity index (χ0) is 19.0. The summed E-state index contributed by atoms with van der Waals surface area (Å²) in [6.45, 7) is 8.99. The van der Waals surface area contributed by atoms with Gasteiger partial charge in [-0.15, -0.1) is 0 Å². The standard InChI is InChI=1S/C19H26N2O4/c1-12(2)11-19(20-17(24)25-18(3,4)5)15(22)13-9-7-8-10-14(13)21(6)16(19)23/h7-10,12H,11H2,1-6H3,(H,20,24)/t19-/m1/s1. The molecule has 136 valence electrons. The number of likely N-dealkylation sites (N-methyl/N-ethyl adjacent to an activating group) is 1. The molecule has 0 saturated heterocycles. The van der Waals surface area contributed by atoms with Crippen LogP contribution in [-0.2, 0) is 9.53 Å². The van der Waals surface area contributed by atoms with Gasteiger partial charge in [0.15, 0.2) is 11.3 Å². The van der Waals surface area contributed by atoms with Crippen molar-refractivity contribution in [1.82, 2.24) is 5.32 Å². The van der Waals surface area contributed by atoms with Gasteiger partial charge in [0.25, 0.3) is 5.91 Å². The van der Waals surface area contributed by atoms with Crippen LogP contribution in [0.1, 0.15) is 51.4 Å². The number of rotatable bonds is 3. The van der Waals surface area contributed by atoms with Crippen LogP contribution in [0.3, 0.4) is 0 Å². The number of hydrogen-bond acceptors (Lipinski definition) is 4. The van der Waals surface area contributed by atoms with Crippen molar-refractivity contribution < 1.29 is 19.1 Å². The molecule has 1 N–H and O–H groups in total. The highest BCUT2D eigenvalue weighted by molar-refractivity contribution is 6.28. The zero-order valence-electron chi connectivity index (χ0n) is 15.7. The second kappa shape index (κ2) is 6.50. The van der Waals surface area contributed by atoms with Gasteiger partial charge < -0.3 is 9.64 Å². The van der Waals surface area contributed by atoms with Crippen LogP contribution in [0.4, 0.5) is 10.5 Å². The third-order valence-electron chi connectivity index (χ3n) is 4.00. The SMILES string of the molecule is CC(C)C[C@@]1(NC(=O)OC(C)(C)C)C(=O)c2ccccc2N(C)C1=O. The summed E-state index contributed by atoms with van der Waals surface area (Å²) in [4.78, 5) is 40.1. The average molecular weight is 346 g/mol. The number of ether oxygens (including phenoxy) is 1. The fourth-order valence-corrected chi connectivity index (χ4v) is 3.11. The van der Waals surface area contributed by atoms with Crippen molar-refractivity contribution >= 4 is 23.5 Å². The highest BCUT2D eigenvalue weighted by Crippen LogP contribution is 2.35. The third-order valence-corrected chi connectivity index (χ3v) is 4.00. The van der Waals surface area contributed by atoms with Gasteiger partial charge in [0.2, 0.25) is 0 Å². The number of anilines is 1. The number of fused-ring (bicyclic) bond motifs is 1. The van der Waals surface area contributed by atoms with Crippen molar-refractivity contribution in [3.8, 4) is 0 Å². The van der Waals surface area contributed by atoms with E-state index in [9.17, 15) is 14.4 Å². The maximum atomic E-state index is 13.2. The first-order chi connectivity index (χ1) is 11.5. The molecule has 6 heteroatoms. The molecule has 2 amide bonds. The topological polar surface area (TPSA) is 75.7 Å². The summed E-state index contributed by atoms with van der Waals surface area (Å²) < 4.78 is 5.29. The second-order valence-corrected chi connectivity index (χ2v) is 7.84. The summed E-state index contributed by atoms with van der Waals surface area (Å²) >= 11 is 0. The number of hydrogen-bond donors (Lipinski definition) is 1. The third kappa shape index (κ3) is 3.67. The van der Waals surface area contributed by atoms with E-state index in [1.165, 1.54) is 4.90 Å². The van der Waals surface area contributed by atoms with E-state index in [4.69, 9.17) is 4.74 Å². The van der Waals surface area contributed by atoms with Crippen molar-refractivity contribution in [1.29, 1.82) is 0 Å². The second-order valence-electron chi connectivity index (χ2n) is 7.84. The summed E-state index contributed by atoms with van der Waals surface area (Å²) in [5.41, 5.74) is -1.42. The summed E-state index contributed by atoms with van der Waals surface area (Å²) in [6.07, 6.45) is -0.578. The average Bonchev–Trinajstić information content (AvgIpc) is 2.48. The van der Waals surface area contributed by atoms with E-state index < -0.39 is 28.9 Å². The molecule has 0 bridgehead atoms. The lowest BCUT2D eigenvalue weighted by Gasteiger charge is -2.41. The first-order valence-corrected chi connectivity index (χ1v) is 8.41. The van der Waals surface area contributed by atoms with E-state index in [-0.39, 0.29) is 12.3 Å². The molecule has 25 heavy (non-hydrogen) atoms. The zero-order valence-corrected chi connectivity index (χ0v) is 15.7. The summed E-state index contributed by atoms with van der Waals surface area (Å²) in [5, 5.41) is 2.59. The van der Waals surface area contributed by atoms with Gasteiger partial charge in [0.1, 0.15) is 5.60 Å². The molecule has 1 aromatic rings. The van der Waals surface area contributed by atoms with E-state index >= 15 is 0 Å². The Kier molecular flexibility index (Phi) is 4.93. The van der Waals surface area contributed by atoms with E-state index in [1.807, 2.05) is 13.8 Å². The highest BCUT2D eigenvalue weighted by atomic mass is 16.6. The Morgan fingerprint density at radius 2 is 1.84 bits per heavy atom. The molecular formula is C19H26N2O4. The fraction of sp³-hybridized carbons (Fsp3) is 0.526. The van der Waals surface area contributed by atoms with E-state index in [0.717, 1.165) is 0 Å². The smallest absolute Gasteiger partial charge is 0.408 e. The number of alkyl carbamates (subject to hydrolysis) is 1. The molecule has 0 aromatic heterocycles. The van der Waals surface area contributed by atoms with Crippen molar-refractivity contribution in [2.75, 3.05) is 11.9 Å². The Bertz CT molecular complexity index is 706. The molecule has 1 aliphatic heterocycles. The largest absolute Gasteiger partial charge is 0.444 e. The molecule has 0 unspecified atom stereocenters. The van der Waals surface area contributed by atoms with Gasteiger partial charge in [0.05, 0.1) is 5.69 Å². The lowest BCUT2D eigenvalue weighted by Crippen LogP contribution is -2.67. The summed E-state index contributed by atoms with van der Waals surface area (Å²) in [7, 11) is 1.61. The van der Waals surface area contributed by atoms with Gasteiger partial charge in [-0.1, -0.05) is 26.0 Å². The quantitative estimate of drug-likeness (QED) is 0.853. The number of carbonyl (C=O) groups excluding carboxylic acids is 3. The Morgan fingerprint density at radius 1 is 1.24 bits per heavy atom. The fourth-order valence-electron chi connectivity index (χ4n) is 3.11. The molecule has 2 rings (SSSR count). The van der Waals surface area contributed by atoms with Crippen LogP contribution < -0.4 is 10.2 Å². The number of ketones is 1. The Hall–Kier alpha value is -2.37. The Labute approximate surface area is 148 Å². The molecule has 1 aliphatic rings. The molecule has 1 heterocycles. The van der Waals surface area contributed by atoms with Crippen LogP contribution in [0.25, 0.3) is 0 Å². The lowest BCUT2D eigenvalue weighted by molar-refractivity contribution is -0.123. The van der Waals surface area contributed by atoms with Crippen LogP contribution in [0.5, 0.6) is 0 Å². The van der Waals surface area contributed by atoms with Crippen molar-refractivity contribution in [2.45, 2.75) is 52.2 Å².